The third kappa shape index (κ3) is 4.22. The Bertz CT molecular complexity index is 682. The van der Waals surface area contributed by atoms with Crippen molar-refractivity contribution in [1.82, 2.24) is 14.8 Å². The van der Waals surface area contributed by atoms with E-state index in [1.54, 1.807) is 0 Å². The van der Waals surface area contributed by atoms with E-state index in [1.807, 2.05) is 45.0 Å². The topological polar surface area (TPSA) is 57.0 Å². The molecule has 1 aromatic carbocycles. The van der Waals surface area contributed by atoms with Gasteiger partial charge in [0.05, 0.1) is 6.61 Å². The highest BCUT2D eigenvalue weighted by atomic mass is 16.5. The van der Waals surface area contributed by atoms with Crippen LogP contribution >= 0.6 is 0 Å². The zero-order valence-electron chi connectivity index (χ0n) is 15.3. The molecule has 2 rings (SSSR count). The summed E-state index contributed by atoms with van der Waals surface area (Å²) in [4.78, 5) is 17.2. The molecule has 0 aliphatic heterocycles. The maximum Gasteiger partial charge on any atom is 0.336 e. The normalized spacial score (nSPS) is 11.5. The van der Waals surface area contributed by atoms with Crippen LogP contribution in [-0.2, 0) is 6.42 Å². The molecule has 0 radical (unpaired) electrons. The minimum absolute atomic E-state index is 0.102. The molecule has 0 atom stereocenters. The Hall–Kier alpha value is -2.17. The minimum atomic E-state index is -0.549. The van der Waals surface area contributed by atoms with E-state index in [-0.39, 0.29) is 11.9 Å². The van der Waals surface area contributed by atoms with E-state index in [4.69, 9.17) is 4.74 Å². The number of aromatic nitrogens is 3. The molecule has 0 N–H and O–H groups in total. The number of aryl methyl sites for hydroxylation is 1. The quantitative estimate of drug-likeness (QED) is 0.738. The van der Waals surface area contributed by atoms with E-state index < -0.39 is 5.41 Å². The van der Waals surface area contributed by atoms with Crippen LogP contribution in [0.5, 0.6) is 6.01 Å². The fourth-order valence-electron chi connectivity index (χ4n) is 2.20. The molecule has 0 spiro atoms. The summed E-state index contributed by atoms with van der Waals surface area (Å²) in [6.07, 6.45) is 2.94. The number of hydrogen-bond acceptors (Lipinski definition) is 4. The van der Waals surface area contributed by atoms with E-state index in [0.29, 0.717) is 12.4 Å². The Balaban J connectivity index is 2.40. The van der Waals surface area contributed by atoms with Gasteiger partial charge < -0.3 is 4.74 Å². The number of carbonyl (C=O) groups is 1. The van der Waals surface area contributed by atoms with Gasteiger partial charge in [0.1, 0.15) is 0 Å². The van der Waals surface area contributed by atoms with Crippen LogP contribution in [-0.4, -0.2) is 27.3 Å². The number of rotatable bonds is 6. The molecule has 24 heavy (non-hydrogen) atoms. The summed E-state index contributed by atoms with van der Waals surface area (Å²) < 4.78 is 6.98. The number of ether oxygens (including phenoxy) is 1. The lowest BCUT2D eigenvalue weighted by Crippen LogP contribution is -2.28. The SMILES string of the molecule is CCCCOc1nc(-c2ccc(CC)cc2)n(C(=O)C(C)(C)C)n1. The van der Waals surface area contributed by atoms with Crippen molar-refractivity contribution in [2.45, 2.75) is 53.9 Å². The van der Waals surface area contributed by atoms with Crippen molar-refractivity contribution in [3.8, 4) is 17.4 Å². The Morgan fingerprint density at radius 1 is 1.17 bits per heavy atom. The summed E-state index contributed by atoms with van der Waals surface area (Å²) >= 11 is 0. The summed E-state index contributed by atoms with van der Waals surface area (Å²) in [5.41, 5.74) is 1.56. The second kappa shape index (κ2) is 7.60. The zero-order valence-corrected chi connectivity index (χ0v) is 15.3. The lowest BCUT2D eigenvalue weighted by atomic mass is 9.95. The van der Waals surface area contributed by atoms with Crippen LogP contribution in [0.3, 0.4) is 0 Å². The van der Waals surface area contributed by atoms with E-state index in [9.17, 15) is 4.79 Å². The molecule has 2 aromatic rings. The highest BCUT2D eigenvalue weighted by Crippen LogP contribution is 2.25. The summed E-state index contributed by atoms with van der Waals surface area (Å²) in [7, 11) is 0. The van der Waals surface area contributed by atoms with Gasteiger partial charge in [-0.25, -0.2) is 0 Å². The first-order valence-electron chi connectivity index (χ1n) is 8.60. The summed E-state index contributed by atoms with van der Waals surface area (Å²) in [5, 5.41) is 4.30. The molecule has 0 aliphatic carbocycles. The lowest BCUT2D eigenvalue weighted by molar-refractivity contribution is 0.0748. The summed E-state index contributed by atoms with van der Waals surface area (Å²) in [6, 6.07) is 8.31. The first-order chi connectivity index (χ1) is 11.4. The molecule has 5 nitrogen and oxygen atoms in total. The third-order valence-corrected chi connectivity index (χ3v) is 3.77. The van der Waals surface area contributed by atoms with Gasteiger partial charge in [-0.2, -0.15) is 9.67 Å². The van der Waals surface area contributed by atoms with Crippen LogP contribution in [0.4, 0.5) is 0 Å². The summed E-state index contributed by atoms with van der Waals surface area (Å²) in [6.45, 7) is 10.4. The van der Waals surface area contributed by atoms with Crippen LogP contribution in [0.2, 0.25) is 0 Å². The maximum atomic E-state index is 12.7. The van der Waals surface area contributed by atoms with E-state index in [2.05, 4.69) is 23.9 Å². The van der Waals surface area contributed by atoms with Crippen LogP contribution in [0.15, 0.2) is 24.3 Å². The first-order valence-corrected chi connectivity index (χ1v) is 8.60. The average molecular weight is 329 g/mol. The van der Waals surface area contributed by atoms with Crippen molar-refractivity contribution >= 4 is 5.91 Å². The summed E-state index contributed by atoms with van der Waals surface area (Å²) in [5.74, 6) is 0.430. The number of unbranched alkanes of at least 4 members (excludes halogenated alkanes) is 1. The number of nitrogens with zero attached hydrogens (tertiary/aromatic N) is 3. The van der Waals surface area contributed by atoms with Gasteiger partial charge >= 0.3 is 6.01 Å². The number of carbonyl (C=O) groups excluding carboxylic acids is 1. The molecule has 0 unspecified atom stereocenters. The van der Waals surface area contributed by atoms with Gasteiger partial charge in [-0.15, -0.1) is 5.10 Å². The number of benzene rings is 1. The number of hydrogen-bond donors (Lipinski definition) is 0. The molecule has 0 amide bonds. The molecule has 1 heterocycles. The fraction of sp³-hybridized carbons (Fsp3) is 0.526. The molecule has 5 heteroatoms. The fourth-order valence-corrected chi connectivity index (χ4v) is 2.20. The maximum absolute atomic E-state index is 12.7. The van der Waals surface area contributed by atoms with E-state index >= 15 is 0 Å². The predicted octanol–water partition coefficient (Wildman–Crippen LogP) is 4.37. The van der Waals surface area contributed by atoms with Gasteiger partial charge in [0.15, 0.2) is 5.82 Å². The van der Waals surface area contributed by atoms with Crippen molar-refractivity contribution < 1.29 is 9.53 Å². The second-order valence-corrected chi connectivity index (χ2v) is 6.94. The van der Waals surface area contributed by atoms with Crippen LogP contribution in [0.25, 0.3) is 11.4 Å². The Morgan fingerprint density at radius 2 is 1.83 bits per heavy atom. The average Bonchev–Trinajstić information content (AvgIpc) is 2.97. The van der Waals surface area contributed by atoms with Crippen LogP contribution in [0, 0.1) is 5.41 Å². The van der Waals surface area contributed by atoms with Gasteiger partial charge in [-0.05, 0) is 18.4 Å². The molecule has 130 valence electrons. The van der Waals surface area contributed by atoms with Crippen molar-refractivity contribution in [1.29, 1.82) is 0 Å². The largest absolute Gasteiger partial charge is 0.462 e. The third-order valence-electron chi connectivity index (χ3n) is 3.77. The predicted molar refractivity (Wildman–Crippen MR) is 95.3 cm³/mol. The lowest BCUT2D eigenvalue weighted by Gasteiger charge is -2.16. The molecule has 0 bridgehead atoms. The van der Waals surface area contributed by atoms with Gasteiger partial charge in [0.2, 0.25) is 0 Å². The molecule has 0 saturated heterocycles. The molecular weight excluding hydrogens is 302 g/mol. The van der Waals surface area contributed by atoms with Gasteiger partial charge in [0.25, 0.3) is 5.91 Å². The van der Waals surface area contributed by atoms with Crippen molar-refractivity contribution in [2.24, 2.45) is 5.41 Å². The first kappa shape index (κ1) is 18.2. The van der Waals surface area contributed by atoms with E-state index in [0.717, 1.165) is 24.8 Å². The Labute approximate surface area is 144 Å². The minimum Gasteiger partial charge on any atom is -0.462 e. The van der Waals surface area contributed by atoms with Gasteiger partial charge in [-0.1, -0.05) is 65.3 Å². The second-order valence-electron chi connectivity index (χ2n) is 6.94. The van der Waals surface area contributed by atoms with Gasteiger partial charge in [0, 0.05) is 11.0 Å². The molecule has 0 aliphatic rings. The highest BCUT2D eigenvalue weighted by molar-refractivity contribution is 5.86. The van der Waals surface area contributed by atoms with Gasteiger partial charge in [-0.3, -0.25) is 4.79 Å². The highest BCUT2D eigenvalue weighted by Gasteiger charge is 2.28. The van der Waals surface area contributed by atoms with Crippen LogP contribution < -0.4 is 4.74 Å². The monoisotopic (exact) mass is 329 g/mol. The van der Waals surface area contributed by atoms with Crippen molar-refractivity contribution in [3.05, 3.63) is 29.8 Å². The molecular formula is C19H27N3O2. The molecule has 0 saturated carbocycles. The Morgan fingerprint density at radius 3 is 2.38 bits per heavy atom. The smallest absolute Gasteiger partial charge is 0.336 e. The van der Waals surface area contributed by atoms with E-state index in [1.165, 1.54) is 10.2 Å². The van der Waals surface area contributed by atoms with Crippen molar-refractivity contribution in [2.75, 3.05) is 6.61 Å². The zero-order chi connectivity index (χ0) is 17.7. The van der Waals surface area contributed by atoms with Crippen molar-refractivity contribution in [3.63, 3.8) is 0 Å². The standard InChI is InChI=1S/C19H27N3O2/c1-6-8-13-24-18-20-16(15-11-9-14(7-2)10-12-15)22(21-18)17(23)19(3,4)5/h9-12H,6-8,13H2,1-5H3. The molecule has 1 aromatic heterocycles. The molecule has 0 fully saturated rings. The Kier molecular flexibility index (Phi) is 5.75. The van der Waals surface area contributed by atoms with Crippen LogP contribution in [0.1, 0.15) is 57.8 Å².